The van der Waals surface area contributed by atoms with Crippen molar-refractivity contribution in [1.29, 1.82) is 1.43 Å². The van der Waals surface area contributed by atoms with E-state index in [4.69, 9.17) is 10.3 Å². The number of rotatable bonds is 4. The molecular weight excluding hydrogens is 156 g/mol. The molecule has 0 spiro atoms. The van der Waals surface area contributed by atoms with Crippen LogP contribution in [0.4, 0.5) is 0 Å². The topological polar surface area (TPSA) is 38.7 Å². The van der Waals surface area contributed by atoms with Crippen LogP contribution < -0.4 is 4.74 Å². The van der Waals surface area contributed by atoms with Gasteiger partial charge in [-0.3, -0.25) is 0 Å². The zero-order valence-corrected chi connectivity index (χ0v) is 6.61. The van der Waals surface area contributed by atoms with Crippen molar-refractivity contribution in [2.45, 2.75) is 6.29 Å². The Morgan fingerprint density at radius 3 is 3.08 bits per heavy atom. The highest BCUT2D eigenvalue weighted by Crippen LogP contribution is 2.24. The minimum atomic E-state index is -2.63. The highest BCUT2D eigenvalue weighted by molar-refractivity contribution is 5.33. The summed E-state index contributed by atoms with van der Waals surface area (Å²) in [5.41, 5.74) is 0.358. The third kappa shape index (κ3) is 1.75. The van der Waals surface area contributed by atoms with Gasteiger partial charge in [-0.05, 0) is 6.07 Å². The summed E-state index contributed by atoms with van der Waals surface area (Å²) in [6.45, 7) is 0. The molecule has 1 aromatic rings. The van der Waals surface area contributed by atoms with Gasteiger partial charge in [0.15, 0.2) is 6.29 Å². The molecule has 0 unspecified atom stereocenters. The van der Waals surface area contributed by atoms with Gasteiger partial charge in [0.05, 0.1) is 11.2 Å². The molecule has 0 saturated carbocycles. The Morgan fingerprint density at radius 2 is 2.42 bits per heavy atom. The van der Waals surface area contributed by atoms with Crippen LogP contribution >= 0.6 is 0 Å². The molecule has 1 rings (SSSR count). The van der Waals surface area contributed by atoms with Crippen LogP contribution in [-0.4, -0.2) is 20.7 Å². The lowest BCUT2D eigenvalue weighted by atomic mass is 10.2. The number of aliphatic hydroxyl groups excluding tert-OH is 1. The number of benzene rings is 1. The highest BCUT2D eigenvalue weighted by Gasteiger charge is 2.10. The minimum absolute atomic E-state index is 0.358. The largest absolute Gasteiger partial charge is 0.496 e. The van der Waals surface area contributed by atoms with E-state index in [9.17, 15) is 0 Å². The third-order valence-corrected chi connectivity index (χ3v) is 1.50. The molecule has 1 atom stereocenters. The maximum atomic E-state index is 6.95. The number of ether oxygens (including phenoxy) is 2. The summed E-state index contributed by atoms with van der Waals surface area (Å²) in [5, 5.41) is 4.24. The number of para-hydroxylation sites is 1. The van der Waals surface area contributed by atoms with Gasteiger partial charge in [0, 0.05) is 12.6 Å². The van der Waals surface area contributed by atoms with E-state index >= 15 is 0 Å². The van der Waals surface area contributed by atoms with Gasteiger partial charge in [-0.1, -0.05) is 18.2 Å². The molecule has 0 aliphatic heterocycles. The van der Waals surface area contributed by atoms with Crippen LogP contribution in [0.2, 0.25) is 0 Å². The highest BCUT2D eigenvalue weighted by atomic mass is 16.6. The summed E-state index contributed by atoms with van der Waals surface area (Å²) >= 11 is 0. The van der Waals surface area contributed by atoms with Crippen LogP contribution in [0.5, 0.6) is 5.75 Å². The fourth-order valence-electron chi connectivity index (χ4n) is 0.925. The first kappa shape index (κ1) is 4.84. The van der Waals surface area contributed by atoms with E-state index in [-0.39, 0.29) is 0 Å². The second kappa shape index (κ2) is 4.09. The van der Waals surface area contributed by atoms with Crippen LogP contribution in [-0.2, 0) is 4.74 Å². The van der Waals surface area contributed by atoms with Crippen LogP contribution in [0.1, 0.15) is 16.0 Å². The normalized spacial score (nSPS) is 18.4. The summed E-state index contributed by atoms with van der Waals surface area (Å²) < 4.78 is 37.3. The standard InChI is InChI=1S/C9H12O3/c1-11-8-6-4-3-5-7(8)9(10)12-2/h3-6,9-10H,1-2H3/t9-/m0/s1/i2D3,10D. The van der Waals surface area contributed by atoms with Crippen LogP contribution in [0, 0.1) is 0 Å². The lowest BCUT2D eigenvalue weighted by Gasteiger charge is -2.12. The monoisotopic (exact) mass is 172 g/mol. The van der Waals surface area contributed by atoms with Crippen LogP contribution in [0.3, 0.4) is 0 Å². The van der Waals surface area contributed by atoms with Crippen molar-refractivity contribution in [1.82, 2.24) is 0 Å². The predicted molar refractivity (Wildman–Crippen MR) is 45.0 cm³/mol. The number of methoxy groups -OCH3 is 2. The average molecular weight is 172 g/mol. The quantitative estimate of drug-likeness (QED) is 0.696. The molecule has 0 amide bonds. The van der Waals surface area contributed by atoms with Gasteiger partial charge < -0.3 is 14.6 Å². The predicted octanol–water partition coefficient (Wildman–Crippen LogP) is 1.33. The van der Waals surface area contributed by atoms with Gasteiger partial charge in [-0.2, -0.15) is 0 Å². The molecule has 66 valence electrons. The van der Waals surface area contributed by atoms with E-state index in [2.05, 4.69) is 9.85 Å². The maximum Gasteiger partial charge on any atom is 0.214 e. The number of aliphatic hydroxyl groups is 1. The average Bonchev–Trinajstić information content (AvgIpc) is 2.24. The molecule has 3 heteroatoms. The summed E-state index contributed by atoms with van der Waals surface area (Å²) in [4.78, 5) is 0. The van der Waals surface area contributed by atoms with Gasteiger partial charge in [-0.15, -0.1) is 0 Å². The molecule has 0 bridgehead atoms. The molecule has 0 radical (unpaired) electrons. The molecule has 0 aliphatic rings. The molecule has 0 heterocycles. The molecule has 0 aromatic heterocycles. The van der Waals surface area contributed by atoms with Crippen LogP contribution in [0.15, 0.2) is 24.3 Å². The zero-order valence-electron chi connectivity index (χ0n) is 10.6. The molecule has 1 aromatic carbocycles. The van der Waals surface area contributed by atoms with Crippen LogP contribution in [0.25, 0.3) is 0 Å². The van der Waals surface area contributed by atoms with Crippen molar-refractivity contribution in [3.63, 3.8) is 0 Å². The Morgan fingerprint density at radius 1 is 1.58 bits per heavy atom. The Hall–Kier alpha value is -1.06. The van der Waals surface area contributed by atoms with Gasteiger partial charge in [-0.25, -0.2) is 0 Å². The number of hydrogen-bond donors (Lipinski definition) is 1. The molecule has 3 nitrogen and oxygen atoms in total. The summed E-state index contributed by atoms with van der Waals surface area (Å²) in [6, 6.07) is 6.60. The Balaban J connectivity index is 2.94. The molecule has 0 fully saturated rings. The summed E-state index contributed by atoms with van der Waals surface area (Å²) in [5.74, 6) is 0.406. The summed E-state index contributed by atoms with van der Waals surface area (Å²) in [7, 11) is -1.19. The zero-order chi connectivity index (χ0) is 12.2. The molecule has 1 N–H and O–H groups in total. The minimum Gasteiger partial charge on any atom is -0.496 e. The smallest absolute Gasteiger partial charge is 0.214 e. The van der Waals surface area contributed by atoms with E-state index < -0.39 is 13.3 Å². The first-order chi connectivity index (χ1) is 7.48. The van der Waals surface area contributed by atoms with E-state index in [1.165, 1.54) is 7.11 Å². The second-order valence-corrected chi connectivity index (χ2v) is 2.19. The van der Waals surface area contributed by atoms with Crippen molar-refractivity contribution < 1.29 is 18.7 Å². The second-order valence-electron chi connectivity index (χ2n) is 2.19. The SMILES string of the molecule is [2H]O[C@@H](OC([2H])([2H])[2H])c1ccccc1OC. The molecule has 0 aliphatic carbocycles. The van der Waals surface area contributed by atoms with E-state index in [1.807, 2.05) is 0 Å². The van der Waals surface area contributed by atoms with Crippen molar-refractivity contribution in [2.24, 2.45) is 0 Å². The van der Waals surface area contributed by atoms with Crippen molar-refractivity contribution in [3.05, 3.63) is 29.8 Å². The lowest BCUT2D eigenvalue weighted by molar-refractivity contribution is -0.0780. The Bertz CT molecular complexity index is 340. The van der Waals surface area contributed by atoms with Crippen molar-refractivity contribution in [3.8, 4) is 5.75 Å². The fourth-order valence-corrected chi connectivity index (χ4v) is 0.925. The maximum absolute atomic E-state index is 6.95. The van der Waals surface area contributed by atoms with E-state index in [0.717, 1.165) is 0 Å². The molecular formula is C9H12O3. The van der Waals surface area contributed by atoms with E-state index in [0.29, 0.717) is 11.3 Å². The van der Waals surface area contributed by atoms with Crippen molar-refractivity contribution in [2.75, 3.05) is 14.1 Å². The Labute approximate surface area is 77.3 Å². The van der Waals surface area contributed by atoms with E-state index in [1.54, 1.807) is 24.3 Å². The Kier molecular flexibility index (Phi) is 1.65. The third-order valence-electron chi connectivity index (χ3n) is 1.50. The first-order valence-electron chi connectivity index (χ1n) is 5.31. The van der Waals surface area contributed by atoms with Gasteiger partial charge >= 0.3 is 0 Å². The molecule has 12 heavy (non-hydrogen) atoms. The van der Waals surface area contributed by atoms with Crippen molar-refractivity contribution >= 4 is 0 Å². The lowest BCUT2D eigenvalue weighted by Crippen LogP contribution is -2.01. The number of hydrogen-bond acceptors (Lipinski definition) is 3. The van der Waals surface area contributed by atoms with Gasteiger partial charge in [0.2, 0.25) is 1.43 Å². The van der Waals surface area contributed by atoms with Gasteiger partial charge in [0.25, 0.3) is 0 Å². The molecule has 0 saturated heterocycles. The summed E-state index contributed by atoms with van der Waals surface area (Å²) in [6.07, 6.45) is -1.30. The fraction of sp³-hybridized carbons (Fsp3) is 0.333. The van der Waals surface area contributed by atoms with Gasteiger partial charge in [0.1, 0.15) is 5.75 Å². The first-order valence-corrected chi connectivity index (χ1v) is 3.40.